The molecule has 3 aromatic carbocycles. The lowest BCUT2D eigenvalue weighted by Crippen LogP contribution is -2.14. The van der Waals surface area contributed by atoms with E-state index in [0.29, 0.717) is 28.5 Å². The zero-order valence-corrected chi connectivity index (χ0v) is 19.1. The lowest BCUT2D eigenvalue weighted by Gasteiger charge is -2.15. The van der Waals surface area contributed by atoms with Crippen LogP contribution in [0.3, 0.4) is 0 Å². The number of ether oxygens (including phenoxy) is 3. The number of pyridine rings is 1. The van der Waals surface area contributed by atoms with E-state index in [1.165, 1.54) is 0 Å². The molecule has 6 heteroatoms. The molecule has 6 nitrogen and oxygen atoms in total. The summed E-state index contributed by atoms with van der Waals surface area (Å²) < 4.78 is 16.4. The Kier molecular flexibility index (Phi) is 6.45. The molecule has 1 N–H and O–H groups in total. The number of rotatable bonds is 7. The lowest BCUT2D eigenvalue weighted by atomic mass is 10.0. The number of carbonyl (C=O) groups is 1. The van der Waals surface area contributed by atoms with Crippen LogP contribution in [0.25, 0.3) is 22.2 Å². The van der Waals surface area contributed by atoms with Crippen molar-refractivity contribution >= 4 is 22.5 Å². The molecule has 0 bridgehead atoms. The van der Waals surface area contributed by atoms with Crippen molar-refractivity contribution in [1.29, 1.82) is 0 Å². The predicted octanol–water partition coefficient (Wildman–Crippen LogP) is 5.74. The second kappa shape index (κ2) is 9.61. The number of amides is 1. The monoisotopic (exact) mass is 442 g/mol. The Bertz CT molecular complexity index is 1290. The van der Waals surface area contributed by atoms with Crippen LogP contribution in [-0.2, 0) is 6.42 Å². The molecule has 0 spiro atoms. The molecule has 0 aliphatic heterocycles. The third-order valence-corrected chi connectivity index (χ3v) is 5.57. The second-order valence-corrected chi connectivity index (χ2v) is 7.45. The van der Waals surface area contributed by atoms with E-state index in [4.69, 9.17) is 19.2 Å². The molecular formula is C27H26N2O4. The number of anilines is 1. The molecule has 0 unspecified atom stereocenters. The smallest absolute Gasteiger partial charge is 0.256 e. The van der Waals surface area contributed by atoms with E-state index in [-0.39, 0.29) is 5.91 Å². The number of nitrogens with one attached hydrogen (secondary N) is 1. The number of benzene rings is 3. The van der Waals surface area contributed by atoms with Crippen LogP contribution in [0.1, 0.15) is 22.8 Å². The van der Waals surface area contributed by atoms with E-state index >= 15 is 0 Å². The zero-order valence-electron chi connectivity index (χ0n) is 19.1. The van der Waals surface area contributed by atoms with Crippen molar-refractivity contribution < 1.29 is 19.0 Å². The molecule has 0 radical (unpaired) electrons. The van der Waals surface area contributed by atoms with Gasteiger partial charge in [-0.1, -0.05) is 43.3 Å². The minimum Gasteiger partial charge on any atom is -0.493 e. The van der Waals surface area contributed by atoms with Crippen LogP contribution in [-0.4, -0.2) is 32.2 Å². The fourth-order valence-electron chi connectivity index (χ4n) is 3.88. The topological polar surface area (TPSA) is 69.7 Å². The van der Waals surface area contributed by atoms with Gasteiger partial charge in [0.1, 0.15) is 0 Å². The second-order valence-electron chi connectivity index (χ2n) is 7.45. The molecule has 1 amide bonds. The summed E-state index contributed by atoms with van der Waals surface area (Å²) in [7, 11) is 4.70. The summed E-state index contributed by atoms with van der Waals surface area (Å²) >= 11 is 0. The number of para-hydroxylation sites is 2. The molecule has 0 saturated carbocycles. The first-order chi connectivity index (χ1) is 16.1. The highest BCUT2D eigenvalue weighted by Crippen LogP contribution is 2.41. The summed E-state index contributed by atoms with van der Waals surface area (Å²) in [5.41, 5.74) is 4.52. The highest BCUT2D eigenvalue weighted by molar-refractivity contribution is 6.13. The Labute approximate surface area is 193 Å². The molecule has 0 fully saturated rings. The first kappa shape index (κ1) is 22.1. The van der Waals surface area contributed by atoms with Gasteiger partial charge in [-0.3, -0.25) is 4.79 Å². The van der Waals surface area contributed by atoms with Gasteiger partial charge in [0.2, 0.25) is 5.75 Å². The van der Waals surface area contributed by atoms with Crippen LogP contribution in [0.5, 0.6) is 17.2 Å². The zero-order chi connectivity index (χ0) is 23.4. The first-order valence-corrected chi connectivity index (χ1v) is 10.7. The minimum absolute atomic E-state index is 0.191. The Morgan fingerprint density at radius 1 is 0.879 bits per heavy atom. The van der Waals surface area contributed by atoms with E-state index in [1.54, 1.807) is 27.4 Å². The number of aromatic nitrogens is 1. The van der Waals surface area contributed by atoms with Crippen molar-refractivity contribution in [3.8, 4) is 28.5 Å². The van der Waals surface area contributed by atoms with E-state index in [2.05, 4.69) is 12.2 Å². The summed E-state index contributed by atoms with van der Waals surface area (Å²) in [5.74, 6) is 1.34. The van der Waals surface area contributed by atoms with E-state index in [9.17, 15) is 4.79 Å². The number of methoxy groups -OCH3 is 3. The molecule has 0 aliphatic carbocycles. The molecule has 4 rings (SSSR count). The number of fused-ring (bicyclic) bond motifs is 1. The summed E-state index contributed by atoms with van der Waals surface area (Å²) in [6.45, 7) is 2.06. The molecule has 0 atom stereocenters. The summed E-state index contributed by atoms with van der Waals surface area (Å²) in [4.78, 5) is 18.2. The minimum atomic E-state index is -0.191. The van der Waals surface area contributed by atoms with Gasteiger partial charge in [0, 0.05) is 16.6 Å². The third kappa shape index (κ3) is 4.32. The van der Waals surface area contributed by atoms with Gasteiger partial charge in [-0.05, 0) is 42.3 Å². The Morgan fingerprint density at radius 2 is 1.55 bits per heavy atom. The molecule has 0 saturated heterocycles. The first-order valence-electron chi connectivity index (χ1n) is 10.7. The quantitative estimate of drug-likeness (QED) is 0.395. The SMILES string of the molecule is CCc1ccccc1NC(=O)c1cc(-c2cc(OC)c(OC)c(OC)c2)nc2ccccc12. The van der Waals surface area contributed by atoms with Crippen LogP contribution in [0.4, 0.5) is 5.69 Å². The Balaban J connectivity index is 1.85. The standard InChI is InChI=1S/C27H26N2O4/c1-5-17-10-6-8-12-21(17)29-27(30)20-16-23(28-22-13-9-7-11-19(20)22)18-14-24(31-2)26(33-4)25(15-18)32-3/h6-16H,5H2,1-4H3,(H,29,30). The van der Waals surface area contributed by atoms with E-state index in [0.717, 1.165) is 34.1 Å². The Morgan fingerprint density at radius 3 is 2.21 bits per heavy atom. The predicted molar refractivity (Wildman–Crippen MR) is 131 cm³/mol. The summed E-state index contributed by atoms with van der Waals surface area (Å²) in [5, 5.41) is 3.85. The van der Waals surface area contributed by atoms with Crippen LogP contribution in [0, 0.1) is 0 Å². The third-order valence-electron chi connectivity index (χ3n) is 5.57. The fourth-order valence-corrected chi connectivity index (χ4v) is 3.88. The van der Waals surface area contributed by atoms with Crippen molar-refractivity contribution in [2.75, 3.05) is 26.6 Å². The van der Waals surface area contributed by atoms with Crippen LogP contribution >= 0.6 is 0 Å². The average molecular weight is 443 g/mol. The number of nitrogens with zero attached hydrogens (tertiary/aromatic N) is 1. The maximum absolute atomic E-state index is 13.4. The van der Waals surface area contributed by atoms with Gasteiger partial charge in [0.25, 0.3) is 5.91 Å². The van der Waals surface area contributed by atoms with Crippen molar-refractivity contribution in [3.05, 3.63) is 77.9 Å². The average Bonchev–Trinajstić information content (AvgIpc) is 2.87. The number of aryl methyl sites for hydroxylation is 1. The van der Waals surface area contributed by atoms with Gasteiger partial charge >= 0.3 is 0 Å². The van der Waals surface area contributed by atoms with Gasteiger partial charge in [-0.25, -0.2) is 4.98 Å². The normalized spacial score (nSPS) is 10.7. The maximum atomic E-state index is 13.4. The molecule has 1 aromatic heterocycles. The van der Waals surface area contributed by atoms with Crippen molar-refractivity contribution in [1.82, 2.24) is 4.98 Å². The van der Waals surface area contributed by atoms with Gasteiger partial charge in [-0.15, -0.1) is 0 Å². The number of carbonyl (C=O) groups excluding carboxylic acids is 1. The summed E-state index contributed by atoms with van der Waals surface area (Å²) in [6, 6.07) is 20.9. The number of hydrogen-bond acceptors (Lipinski definition) is 5. The van der Waals surface area contributed by atoms with Crippen LogP contribution in [0.2, 0.25) is 0 Å². The molecule has 168 valence electrons. The Hall–Kier alpha value is -4.06. The van der Waals surface area contributed by atoms with Crippen molar-refractivity contribution in [3.63, 3.8) is 0 Å². The molecular weight excluding hydrogens is 416 g/mol. The van der Waals surface area contributed by atoms with Crippen LogP contribution in [0.15, 0.2) is 66.7 Å². The van der Waals surface area contributed by atoms with Crippen molar-refractivity contribution in [2.45, 2.75) is 13.3 Å². The van der Waals surface area contributed by atoms with Crippen LogP contribution < -0.4 is 19.5 Å². The van der Waals surface area contributed by atoms with Gasteiger partial charge in [-0.2, -0.15) is 0 Å². The van der Waals surface area contributed by atoms with E-state index in [1.807, 2.05) is 60.7 Å². The van der Waals surface area contributed by atoms with E-state index < -0.39 is 0 Å². The highest BCUT2D eigenvalue weighted by Gasteiger charge is 2.18. The van der Waals surface area contributed by atoms with Gasteiger partial charge in [0.15, 0.2) is 11.5 Å². The molecule has 33 heavy (non-hydrogen) atoms. The summed E-state index contributed by atoms with van der Waals surface area (Å²) in [6.07, 6.45) is 0.824. The number of hydrogen-bond donors (Lipinski definition) is 1. The molecule has 0 aliphatic rings. The fraction of sp³-hybridized carbons (Fsp3) is 0.185. The lowest BCUT2D eigenvalue weighted by molar-refractivity contribution is 0.102. The molecule has 4 aromatic rings. The maximum Gasteiger partial charge on any atom is 0.256 e. The van der Waals surface area contributed by atoms with Gasteiger partial charge in [0.05, 0.1) is 38.1 Å². The van der Waals surface area contributed by atoms with Gasteiger partial charge < -0.3 is 19.5 Å². The highest BCUT2D eigenvalue weighted by atomic mass is 16.5. The molecule has 1 heterocycles. The van der Waals surface area contributed by atoms with Crippen molar-refractivity contribution in [2.24, 2.45) is 0 Å². The largest absolute Gasteiger partial charge is 0.493 e.